The molecule has 1 rings (SSSR count). The molecule has 0 atom stereocenters. The maximum absolute atomic E-state index is 13.1. The lowest BCUT2D eigenvalue weighted by molar-refractivity contribution is -0.125. The van der Waals surface area contributed by atoms with Crippen LogP contribution in [0.25, 0.3) is 0 Å². The summed E-state index contributed by atoms with van der Waals surface area (Å²) in [6.07, 6.45) is -1.98. The molecular formula is C16H25F3N4O. The van der Waals surface area contributed by atoms with Gasteiger partial charge in [0, 0.05) is 19.6 Å². The Morgan fingerprint density at radius 1 is 1.33 bits per heavy atom. The summed E-state index contributed by atoms with van der Waals surface area (Å²) in [5, 5.41) is 0. The van der Waals surface area contributed by atoms with Gasteiger partial charge in [-0.05, 0) is 38.9 Å². The van der Waals surface area contributed by atoms with E-state index < -0.39 is 17.9 Å². The number of rotatable bonds is 5. The van der Waals surface area contributed by atoms with Crippen LogP contribution < -0.4 is 0 Å². The molecule has 0 aromatic heterocycles. The molecule has 0 radical (unpaired) electrons. The number of aliphatic imine (C=N–C) groups is 2. The first-order valence-electron chi connectivity index (χ1n) is 7.92. The van der Waals surface area contributed by atoms with E-state index in [1.807, 2.05) is 0 Å². The zero-order chi connectivity index (χ0) is 18.3. The topological polar surface area (TPSA) is 48.3 Å². The van der Waals surface area contributed by atoms with Gasteiger partial charge in [-0.15, -0.1) is 0 Å². The summed E-state index contributed by atoms with van der Waals surface area (Å²) in [6.45, 7) is 6.86. The predicted octanol–water partition coefficient (Wildman–Crippen LogP) is 2.39. The minimum absolute atomic E-state index is 0.0504. The van der Waals surface area contributed by atoms with Gasteiger partial charge in [-0.1, -0.05) is 13.5 Å². The highest BCUT2D eigenvalue weighted by molar-refractivity contribution is 6.44. The van der Waals surface area contributed by atoms with Crippen molar-refractivity contribution in [2.24, 2.45) is 15.9 Å². The minimum atomic E-state index is -4.71. The molecule has 1 fully saturated rings. The molecule has 0 bridgehead atoms. The summed E-state index contributed by atoms with van der Waals surface area (Å²) in [7, 11) is 3.48. The summed E-state index contributed by atoms with van der Waals surface area (Å²) < 4.78 is 39.3. The summed E-state index contributed by atoms with van der Waals surface area (Å²) in [5.41, 5.74) is -0.314. The van der Waals surface area contributed by atoms with Crippen molar-refractivity contribution >= 4 is 17.5 Å². The number of hydrogen-bond acceptors (Lipinski definition) is 3. The van der Waals surface area contributed by atoms with Gasteiger partial charge >= 0.3 is 6.18 Å². The number of carbonyl (C=O) groups is 1. The van der Waals surface area contributed by atoms with E-state index in [9.17, 15) is 18.0 Å². The standard InChI is InChI=1S/C16H25F3N4O/c1-5-13(14(24)23-9-6-12(2)7-10-23)21-15(16(17,18)19)20-8-11-22(3)4/h5,12H,1,6-11H2,2-4H3. The Hall–Kier alpha value is -1.70. The number of likely N-dealkylation sites (N-methyl/N-ethyl adjacent to an activating group) is 1. The van der Waals surface area contributed by atoms with Gasteiger partial charge in [-0.3, -0.25) is 9.79 Å². The highest BCUT2D eigenvalue weighted by Crippen LogP contribution is 2.20. The molecule has 24 heavy (non-hydrogen) atoms. The number of piperidine rings is 1. The Kier molecular flexibility index (Phi) is 7.59. The van der Waals surface area contributed by atoms with Crippen LogP contribution in [0.5, 0.6) is 0 Å². The van der Waals surface area contributed by atoms with Crippen molar-refractivity contribution in [3.05, 3.63) is 12.7 Å². The zero-order valence-corrected chi connectivity index (χ0v) is 14.4. The van der Waals surface area contributed by atoms with E-state index >= 15 is 0 Å². The average Bonchev–Trinajstić information content (AvgIpc) is 2.49. The average molecular weight is 346 g/mol. The molecule has 0 aromatic rings. The summed E-state index contributed by atoms with van der Waals surface area (Å²) in [4.78, 5) is 22.6. The predicted molar refractivity (Wildman–Crippen MR) is 89.5 cm³/mol. The summed E-state index contributed by atoms with van der Waals surface area (Å²) >= 11 is 0. The van der Waals surface area contributed by atoms with E-state index in [2.05, 4.69) is 23.5 Å². The second kappa shape index (κ2) is 8.96. The summed E-state index contributed by atoms with van der Waals surface area (Å²) in [5.74, 6) is -1.31. The van der Waals surface area contributed by atoms with Crippen molar-refractivity contribution in [2.75, 3.05) is 40.3 Å². The molecule has 0 aliphatic carbocycles. The number of likely N-dealkylation sites (tertiary alicyclic amines) is 1. The Balaban J connectivity index is 2.95. The lowest BCUT2D eigenvalue weighted by Gasteiger charge is -2.30. The van der Waals surface area contributed by atoms with E-state index in [-0.39, 0.29) is 12.3 Å². The molecule has 8 heteroatoms. The van der Waals surface area contributed by atoms with Crippen LogP contribution in [0.3, 0.4) is 0 Å². The fourth-order valence-electron chi connectivity index (χ4n) is 2.21. The highest BCUT2D eigenvalue weighted by atomic mass is 19.4. The third kappa shape index (κ3) is 6.43. The van der Waals surface area contributed by atoms with Crippen molar-refractivity contribution in [1.82, 2.24) is 9.80 Å². The van der Waals surface area contributed by atoms with E-state index in [4.69, 9.17) is 0 Å². The second-order valence-corrected chi connectivity index (χ2v) is 6.18. The van der Waals surface area contributed by atoms with E-state index in [1.54, 1.807) is 19.0 Å². The number of hydrogen-bond donors (Lipinski definition) is 0. The lowest BCUT2D eigenvalue weighted by atomic mass is 9.99. The molecule has 1 aliphatic heterocycles. The third-order valence-electron chi connectivity index (χ3n) is 3.77. The highest BCUT2D eigenvalue weighted by Gasteiger charge is 2.37. The number of halogens is 3. The monoisotopic (exact) mass is 346 g/mol. The lowest BCUT2D eigenvalue weighted by Crippen LogP contribution is -2.41. The van der Waals surface area contributed by atoms with Gasteiger partial charge in [-0.25, -0.2) is 4.99 Å². The van der Waals surface area contributed by atoms with Crippen LogP contribution in [0.2, 0.25) is 0 Å². The smallest absolute Gasteiger partial charge is 0.337 e. The van der Waals surface area contributed by atoms with Gasteiger partial charge in [0.1, 0.15) is 5.71 Å². The van der Waals surface area contributed by atoms with E-state index in [0.717, 1.165) is 18.9 Å². The van der Waals surface area contributed by atoms with Gasteiger partial charge in [0.15, 0.2) is 0 Å². The number of amides is 1. The molecule has 1 saturated heterocycles. The van der Waals surface area contributed by atoms with Gasteiger partial charge in [0.25, 0.3) is 5.91 Å². The Labute approximate surface area is 140 Å². The van der Waals surface area contributed by atoms with Crippen molar-refractivity contribution in [2.45, 2.75) is 25.9 Å². The molecule has 136 valence electrons. The van der Waals surface area contributed by atoms with Crippen molar-refractivity contribution < 1.29 is 18.0 Å². The Morgan fingerprint density at radius 2 is 1.92 bits per heavy atom. The van der Waals surface area contributed by atoms with Crippen molar-refractivity contribution in [3.8, 4) is 0 Å². The SMILES string of the molecule is C=CC(=NC(=NCCN(C)C)C(F)(F)F)C(=O)N1CCC(C)CC1. The van der Waals surface area contributed by atoms with Gasteiger partial charge in [0.05, 0.1) is 6.54 Å². The number of nitrogens with zero attached hydrogens (tertiary/aromatic N) is 4. The molecule has 1 heterocycles. The molecule has 0 aromatic carbocycles. The molecule has 0 unspecified atom stereocenters. The van der Waals surface area contributed by atoms with Gasteiger partial charge in [-0.2, -0.15) is 13.2 Å². The van der Waals surface area contributed by atoms with Crippen LogP contribution in [0.1, 0.15) is 19.8 Å². The third-order valence-corrected chi connectivity index (χ3v) is 3.77. The van der Waals surface area contributed by atoms with E-state index in [1.165, 1.54) is 4.90 Å². The van der Waals surface area contributed by atoms with Gasteiger partial charge < -0.3 is 9.80 Å². The molecule has 0 saturated carbocycles. The van der Waals surface area contributed by atoms with Crippen LogP contribution >= 0.6 is 0 Å². The van der Waals surface area contributed by atoms with Crippen molar-refractivity contribution in [3.63, 3.8) is 0 Å². The molecule has 5 nitrogen and oxygen atoms in total. The molecular weight excluding hydrogens is 321 g/mol. The van der Waals surface area contributed by atoms with Crippen LogP contribution in [0.4, 0.5) is 13.2 Å². The van der Waals surface area contributed by atoms with Crippen molar-refractivity contribution in [1.29, 1.82) is 0 Å². The number of alkyl halides is 3. The van der Waals surface area contributed by atoms with E-state index in [0.29, 0.717) is 25.6 Å². The maximum atomic E-state index is 13.1. The molecule has 0 spiro atoms. The Morgan fingerprint density at radius 3 is 2.38 bits per heavy atom. The first-order chi connectivity index (χ1) is 11.1. The number of carbonyl (C=O) groups excluding carboxylic acids is 1. The van der Waals surface area contributed by atoms with Crippen LogP contribution in [0, 0.1) is 5.92 Å². The quantitative estimate of drug-likeness (QED) is 0.567. The largest absolute Gasteiger partial charge is 0.451 e. The minimum Gasteiger partial charge on any atom is -0.337 e. The first-order valence-corrected chi connectivity index (χ1v) is 7.92. The Bertz CT molecular complexity index is 504. The summed E-state index contributed by atoms with van der Waals surface area (Å²) in [6, 6.07) is 0. The molecule has 1 aliphatic rings. The van der Waals surface area contributed by atoms with Crippen LogP contribution in [-0.2, 0) is 4.79 Å². The molecule has 1 amide bonds. The fourth-order valence-corrected chi connectivity index (χ4v) is 2.21. The second-order valence-electron chi connectivity index (χ2n) is 6.18. The van der Waals surface area contributed by atoms with Crippen LogP contribution in [-0.4, -0.2) is 73.7 Å². The number of amidine groups is 1. The normalized spacial score (nSPS) is 18.2. The van der Waals surface area contributed by atoms with Gasteiger partial charge in [0.2, 0.25) is 5.84 Å². The zero-order valence-electron chi connectivity index (χ0n) is 14.4. The molecule has 0 N–H and O–H groups in total. The fraction of sp³-hybridized carbons (Fsp3) is 0.688. The first kappa shape index (κ1) is 20.3. The van der Waals surface area contributed by atoms with Crippen LogP contribution in [0.15, 0.2) is 22.6 Å². The maximum Gasteiger partial charge on any atom is 0.451 e.